The fraction of sp³-hybridized carbons (Fsp3) is 0.125. The molecule has 0 fully saturated rings. The van der Waals surface area contributed by atoms with Crippen molar-refractivity contribution in [1.29, 1.82) is 0 Å². The molecule has 3 nitrogen and oxygen atoms in total. The molecule has 0 aromatic heterocycles. The van der Waals surface area contributed by atoms with E-state index in [1.165, 1.54) is 7.11 Å². The summed E-state index contributed by atoms with van der Waals surface area (Å²) in [5.41, 5.74) is 2.68. The molecule has 0 aliphatic rings. The zero-order valence-electron chi connectivity index (χ0n) is 11.3. The first-order valence-electron chi connectivity index (χ1n) is 6.11. The van der Waals surface area contributed by atoms with Gasteiger partial charge < -0.3 is 4.84 Å². The molecule has 0 aliphatic carbocycles. The van der Waals surface area contributed by atoms with E-state index in [0.29, 0.717) is 16.8 Å². The first kappa shape index (κ1) is 14.5. The van der Waals surface area contributed by atoms with Crippen molar-refractivity contribution in [2.24, 2.45) is 5.16 Å². The normalized spacial score (nSPS) is 11.2. The molecule has 0 aliphatic heterocycles. The summed E-state index contributed by atoms with van der Waals surface area (Å²) in [4.78, 5) is 17.4. The third kappa shape index (κ3) is 3.14. The maximum Gasteiger partial charge on any atom is 0.193 e. The predicted octanol–water partition coefficient (Wildman–Crippen LogP) is 4.05. The van der Waals surface area contributed by atoms with Gasteiger partial charge in [0.2, 0.25) is 0 Å². The first-order valence-corrected chi connectivity index (χ1v) is 6.90. The van der Waals surface area contributed by atoms with Crippen LogP contribution in [0.4, 0.5) is 0 Å². The Kier molecular flexibility index (Phi) is 4.69. The van der Waals surface area contributed by atoms with Crippen LogP contribution in [0.1, 0.15) is 28.4 Å². The van der Waals surface area contributed by atoms with Crippen molar-refractivity contribution < 1.29 is 9.63 Å². The molecule has 0 bridgehead atoms. The number of oxime groups is 1. The van der Waals surface area contributed by atoms with Gasteiger partial charge in [0.15, 0.2) is 5.78 Å². The fourth-order valence-corrected chi connectivity index (χ4v) is 2.31. The van der Waals surface area contributed by atoms with Crippen molar-refractivity contribution in [2.45, 2.75) is 6.92 Å². The Balaban J connectivity index is 2.52. The molecule has 20 heavy (non-hydrogen) atoms. The average molecular weight is 332 g/mol. The number of carbonyl (C=O) groups excluding carboxylic acids is 1. The van der Waals surface area contributed by atoms with Gasteiger partial charge in [-0.2, -0.15) is 0 Å². The van der Waals surface area contributed by atoms with E-state index in [4.69, 9.17) is 4.84 Å². The minimum atomic E-state index is -0.0289. The lowest BCUT2D eigenvalue weighted by Crippen LogP contribution is -2.09. The van der Waals surface area contributed by atoms with Gasteiger partial charge in [0.05, 0.1) is 5.71 Å². The number of hydrogen-bond donors (Lipinski definition) is 0. The Morgan fingerprint density at radius 1 is 1.10 bits per heavy atom. The Hall–Kier alpha value is -1.94. The molecule has 0 N–H and O–H groups in total. The van der Waals surface area contributed by atoms with Gasteiger partial charge in [-0.1, -0.05) is 51.4 Å². The molecule has 0 radical (unpaired) electrons. The average Bonchev–Trinajstić information content (AvgIpc) is 2.47. The quantitative estimate of drug-likeness (QED) is 0.481. The molecular weight excluding hydrogens is 318 g/mol. The van der Waals surface area contributed by atoms with Gasteiger partial charge >= 0.3 is 0 Å². The zero-order valence-corrected chi connectivity index (χ0v) is 12.8. The molecule has 2 aromatic rings. The van der Waals surface area contributed by atoms with Crippen molar-refractivity contribution >= 4 is 27.4 Å². The first-order chi connectivity index (χ1) is 9.63. The summed E-state index contributed by atoms with van der Waals surface area (Å²) in [6.45, 7) is 1.81. The Morgan fingerprint density at radius 3 is 2.45 bits per heavy atom. The van der Waals surface area contributed by atoms with Gasteiger partial charge in [0.25, 0.3) is 0 Å². The van der Waals surface area contributed by atoms with E-state index in [2.05, 4.69) is 21.1 Å². The van der Waals surface area contributed by atoms with Gasteiger partial charge in [-0.25, -0.2) is 0 Å². The van der Waals surface area contributed by atoms with E-state index >= 15 is 0 Å². The van der Waals surface area contributed by atoms with Crippen molar-refractivity contribution in [1.82, 2.24) is 0 Å². The van der Waals surface area contributed by atoms with E-state index in [0.717, 1.165) is 10.0 Å². The van der Waals surface area contributed by atoms with E-state index in [1.807, 2.05) is 37.3 Å². The van der Waals surface area contributed by atoms with Gasteiger partial charge in [0.1, 0.15) is 7.11 Å². The molecule has 0 unspecified atom stereocenters. The molecule has 0 atom stereocenters. The molecule has 4 heteroatoms. The maximum atomic E-state index is 12.6. The van der Waals surface area contributed by atoms with Crippen molar-refractivity contribution in [3.8, 4) is 0 Å². The molecule has 0 saturated carbocycles. The summed E-state index contributed by atoms with van der Waals surface area (Å²) in [6.07, 6.45) is 0. The Labute approximate surface area is 126 Å². The van der Waals surface area contributed by atoms with Crippen LogP contribution in [0.2, 0.25) is 0 Å². The van der Waals surface area contributed by atoms with Crippen LogP contribution in [-0.2, 0) is 4.84 Å². The number of hydrogen-bond acceptors (Lipinski definition) is 3. The SMILES string of the molecule is CO/N=C(\C)c1cc(Br)ccc1C(=O)c1ccccc1. The highest BCUT2D eigenvalue weighted by Crippen LogP contribution is 2.20. The molecule has 0 spiro atoms. The summed E-state index contributed by atoms with van der Waals surface area (Å²) < 4.78 is 0.891. The largest absolute Gasteiger partial charge is 0.399 e. The van der Waals surface area contributed by atoms with Crippen molar-refractivity contribution in [2.75, 3.05) is 7.11 Å². The molecule has 2 rings (SSSR count). The number of nitrogens with zero attached hydrogens (tertiary/aromatic N) is 1. The van der Waals surface area contributed by atoms with Gasteiger partial charge in [-0.15, -0.1) is 0 Å². The third-order valence-corrected chi connectivity index (χ3v) is 3.37. The fourth-order valence-electron chi connectivity index (χ4n) is 1.94. The summed E-state index contributed by atoms with van der Waals surface area (Å²) in [5.74, 6) is -0.0289. The van der Waals surface area contributed by atoms with Crippen LogP contribution in [0.5, 0.6) is 0 Å². The molecular formula is C16H14BrNO2. The number of ketones is 1. The van der Waals surface area contributed by atoms with Crippen LogP contribution >= 0.6 is 15.9 Å². The van der Waals surface area contributed by atoms with E-state index in [1.54, 1.807) is 18.2 Å². The van der Waals surface area contributed by atoms with E-state index < -0.39 is 0 Å². The molecule has 0 saturated heterocycles. The van der Waals surface area contributed by atoms with E-state index in [-0.39, 0.29) is 5.78 Å². The summed E-state index contributed by atoms with van der Waals surface area (Å²) in [6, 6.07) is 14.7. The van der Waals surface area contributed by atoms with Crippen LogP contribution in [0.3, 0.4) is 0 Å². The van der Waals surface area contributed by atoms with E-state index in [9.17, 15) is 4.79 Å². The highest BCUT2D eigenvalue weighted by atomic mass is 79.9. The third-order valence-electron chi connectivity index (χ3n) is 2.88. The second kappa shape index (κ2) is 6.48. The predicted molar refractivity (Wildman–Crippen MR) is 83.2 cm³/mol. The summed E-state index contributed by atoms with van der Waals surface area (Å²) in [7, 11) is 1.49. The minimum Gasteiger partial charge on any atom is -0.399 e. The number of rotatable bonds is 4. The zero-order chi connectivity index (χ0) is 14.5. The van der Waals surface area contributed by atoms with Crippen LogP contribution < -0.4 is 0 Å². The van der Waals surface area contributed by atoms with Crippen LogP contribution in [-0.4, -0.2) is 18.6 Å². The molecule has 102 valence electrons. The number of halogens is 1. The molecule has 0 heterocycles. The van der Waals surface area contributed by atoms with Crippen LogP contribution in [0.25, 0.3) is 0 Å². The van der Waals surface area contributed by atoms with Gasteiger partial charge in [-0.05, 0) is 25.1 Å². The summed E-state index contributed by atoms with van der Waals surface area (Å²) in [5, 5.41) is 3.92. The van der Waals surface area contributed by atoms with Crippen LogP contribution in [0, 0.1) is 0 Å². The minimum absolute atomic E-state index is 0.0289. The van der Waals surface area contributed by atoms with Crippen LogP contribution in [0.15, 0.2) is 58.2 Å². The van der Waals surface area contributed by atoms with Crippen molar-refractivity contribution in [3.63, 3.8) is 0 Å². The monoisotopic (exact) mass is 331 g/mol. The van der Waals surface area contributed by atoms with Crippen molar-refractivity contribution in [3.05, 3.63) is 69.7 Å². The standard InChI is InChI=1S/C16H14BrNO2/c1-11(18-20-2)15-10-13(17)8-9-14(15)16(19)12-6-4-3-5-7-12/h3-10H,1-2H3/b18-11+. The van der Waals surface area contributed by atoms with Gasteiger partial charge in [-0.3, -0.25) is 4.79 Å². The molecule has 2 aromatic carbocycles. The number of benzene rings is 2. The summed E-state index contributed by atoms with van der Waals surface area (Å²) >= 11 is 3.41. The molecule has 0 amide bonds. The lowest BCUT2D eigenvalue weighted by atomic mass is 9.96. The second-order valence-corrected chi connectivity index (χ2v) is 5.16. The Morgan fingerprint density at radius 2 is 1.80 bits per heavy atom. The highest BCUT2D eigenvalue weighted by molar-refractivity contribution is 9.10. The smallest absolute Gasteiger partial charge is 0.193 e. The second-order valence-electron chi connectivity index (χ2n) is 4.24. The maximum absolute atomic E-state index is 12.6. The lowest BCUT2D eigenvalue weighted by Gasteiger charge is -2.09. The Bertz CT molecular complexity index is 651. The topological polar surface area (TPSA) is 38.7 Å². The lowest BCUT2D eigenvalue weighted by molar-refractivity contribution is 0.103. The highest BCUT2D eigenvalue weighted by Gasteiger charge is 2.15. The number of carbonyl (C=O) groups is 1. The van der Waals surface area contributed by atoms with Gasteiger partial charge in [0, 0.05) is 21.2 Å².